The Labute approximate surface area is 158 Å². The van der Waals surface area contributed by atoms with Gasteiger partial charge in [0.1, 0.15) is 0 Å². The van der Waals surface area contributed by atoms with Crippen molar-refractivity contribution in [2.24, 2.45) is 5.92 Å². The fourth-order valence-electron chi connectivity index (χ4n) is 3.46. The van der Waals surface area contributed by atoms with Gasteiger partial charge < -0.3 is 10.2 Å². The highest BCUT2D eigenvalue weighted by Crippen LogP contribution is 2.30. The number of anilines is 1. The second-order valence-corrected chi connectivity index (χ2v) is 6.96. The number of aromatic nitrogens is 1. The van der Waals surface area contributed by atoms with Gasteiger partial charge in [-0.1, -0.05) is 48.0 Å². The van der Waals surface area contributed by atoms with Crippen molar-refractivity contribution in [3.8, 4) is 0 Å². The van der Waals surface area contributed by atoms with Crippen LogP contribution in [-0.4, -0.2) is 23.3 Å². The first kappa shape index (κ1) is 17.2. The second kappa shape index (κ2) is 7.19. The van der Waals surface area contributed by atoms with Gasteiger partial charge in [0.2, 0.25) is 11.8 Å². The van der Waals surface area contributed by atoms with Crippen LogP contribution < -0.4 is 10.2 Å². The number of hydrogen-bond donors (Lipinski definition) is 1. The van der Waals surface area contributed by atoms with E-state index in [-0.39, 0.29) is 24.2 Å². The molecule has 0 bridgehead atoms. The molecule has 1 saturated heterocycles. The van der Waals surface area contributed by atoms with Crippen molar-refractivity contribution in [2.75, 3.05) is 11.4 Å². The standard InChI is InChI=1S/C22H21N3O2/c1-15-7-9-16(10-8-15)13-24-22(27)18-12-20(26)25(14-18)19-6-2-4-17-5-3-11-23-21(17)19/h2-11,18H,12-14H2,1H3,(H,24,27). The molecule has 1 aliphatic rings. The van der Waals surface area contributed by atoms with Crippen LogP contribution >= 0.6 is 0 Å². The maximum atomic E-state index is 12.6. The minimum Gasteiger partial charge on any atom is -0.352 e. The SMILES string of the molecule is Cc1ccc(CNC(=O)C2CC(=O)N(c3cccc4cccnc34)C2)cc1. The van der Waals surface area contributed by atoms with E-state index in [0.717, 1.165) is 22.2 Å². The van der Waals surface area contributed by atoms with Crippen molar-refractivity contribution in [2.45, 2.75) is 19.9 Å². The number of carbonyl (C=O) groups excluding carboxylic acids is 2. The monoisotopic (exact) mass is 359 g/mol. The molecule has 2 amide bonds. The lowest BCUT2D eigenvalue weighted by Gasteiger charge is -2.18. The quantitative estimate of drug-likeness (QED) is 0.778. The van der Waals surface area contributed by atoms with E-state index in [0.29, 0.717) is 13.1 Å². The van der Waals surface area contributed by atoms with Crippen molar-refractivity contribution >= 4 is 28.4 Å². The summed E-state index contributed by atoms with van der Waals surface area (Å²) in [6, 6.07) is 17.7. The summed E-state index contributed by atoms with van der Waals surface area (Å²) in [6.45, 7) is 2.89. The van der Waals surface area contributed by atoms with Crippen molar-refractivity contribution in [1.82, 2.24) is 10.3 Å². The average molecular weight is 359 g/mol. The number of para-hydroxylation sites is 1. The van der Waals surface area contributed by atoms with Crippen LogP contribution in [0.1, 0.15) is 17.5 Å². The number of benzene rings is 2. The van der Waals surface area contributed by atoms with Gasteiger partial charge in [-0.15, -0.1) is 0 Å². The number of fused-ring (bicyclic) bond motifs is 1. The van der Waals surface area contributed by atoms with Gasteiger partial charge in [0.05, 0.1) is 17.1 Å². The number of aryl methyl sites for hydroxylation is 1. The van der Waals surface area contributed by atoms with Gasteiger partial charge in [0.25, 0.3) is 0 Å². The highest BCUT2D eigenvalue weighted by molar-refractivity contribution is 6.05. The first-order valence-electron chi connectivity index (χ1n) is 9.09. The number of pyridine rings is 1. The van der Waals surface area contributed by atoms with Crippen molar-refractivity contribution in [3.05, 3.63) is 71.9 Å². The number of hydrogen-bond acceptors (Lipinski definition) is 3. The lowest BCUT2D eigenvalue weighted by atomic mass is 10.1. The van der Waals surface area contributed by atoms with Crippen LogP contribution in [0.4, 0.5) is 5.69 Å². The summed E-state index contributed by atoms with van der Waals surface area (Å²) in [7, 11) is 0. The van der Waals surface area contributed by atoms with Crippen LogP contribution in [0.5, 0.6) is 0 Å². The zero-order chi connectivity index (χ0) is 18.8. The van der Waals surface area contributed by atoms with E-state index in [4.69, 9.17) is 0 Å². The molecule has 1 aliphatic heterocycles. The molecule has 5 nitrogen and oxygen atoms in total. The Morgan fingerprint density at radius 3 is 2.74 bits per heavy atom. The van der Waals surface area contributed by atoms with E-state index >= 15 is 0 Å². The first-order chi connectivity index (χ1) is 13.1. The largest absolute Gasteiger partial charge is 0.352 e. The van der Waals surface area contributed by atoms with E-state index < -0.39 is 0 Å². The Bertz CT molecular complexity index is 993. The number of carbonyl (C=O) groups is 2. The summed E-state index contributed by atoms with van der Waals surface area (Å²) in [5, 5.41) is 3.94. The third kappa shape index (κ3) is 3.53. The van der Waals surface area contributed by atoms with Gasteiger partial charge in [-0.2, -0.15) is 0 Å². The van der Waals surface area contributed by atoms with Crippen LogP contribution in [0.3, 0.4) is 0 Å². The molecule has 2 aromatic carbocycles. The first-order valence-corrected chi connectivity index (χ1v) is 9.09. The summed E-state index contributed by atoms with van der Waals surface area (Å²) in [5.74, 6) is -0.467. The second-order valence-electron chi connectivity index (χ2n) is 6.96. The Hall–Kier alpha value is -3.21. The Morgan fingerprint density at radius 2 is 1.93 bits per heavy atom. The van der Waals surface area contributed by atoms with Crippen LogP contribution in [-0.2, 0) is 16.1 Å². The van der Waals surface area contributed by atoms with Gasteiger partial charge >= 0.3 is 0 Å². The summed E-state index contributed by atoms with van der Waals surface area (Å²) in [6.07, 6.45) is 1.95. The van der Waals surface area contributed by atoms with Gasteiger partial charge in [-0.05, 0) is 24.6 Å². The highest BCUT2D eigenvalue weighted by Gasteiger charge is 2.35. The molecule has 136 valence electrons. The third-order valence-electron chi connectivity index (χ3n) is 4.99. The third-order valence-corrected chi connectivity index (χ3v) is 4.99. The molecule has 3 aromatic rings. The lowest BCUT2D eigenvalue weighted by molar-refractivity contribution is -0.126. The summed E-state index contributed by atoms with van der Waals surface area (Å²) < 4.78 is 0. The van der Waals surface area contributed by atoms with Gasteiger partial charge in [-0.3, -0.25) is 14.6 Å². The molecular formula is C22H21N3O2. The van der Waals surface area contributed by atoms with Crippen LogP contribution in [0, 0.1) is 12.8 Å². The zero-order valence-corrected chi connectivity index (χ0v) is 15.2. The molecule has 1 atom stereocenters. The van der Waals surface area contributed by atoms with Gasteiger partial charge in [0.15, 0.2) is 0 Å². The minimum absolute atomic E-state index is 0.0383. The Morgan fingerprint density at radius 1 is 1.15 bits per heavy atom. The maximum Gasteiger partial charge on any atom is 0.227 e. The van der Waals surface area contributed by atoms with Crippen LogP contribution in [0.25, 0.3) is 10.9 Å². The smallest absolute Gasteiger partial charge is 0.227 e. The van der Waals surface area contributed by atoms with Crippen molar-refractivity contribution in [1.29, 1.82) is 0 Å². The molecular weight excluding hydrogens is 338 g/mol. The number of nitrogens with zero attached hydrogens (tertiary/aromatic N) is 2. The van der Waals surface area contributed by atoms with E-state index in [9.17, 15) is 9.59 Å². The molecule has 2 heterocycles. The molecule has 5 heteroatoms. The normalized spacial score (nSPS) is 16.7. The fourth-order valence-corrected chi connectivity index (χ4v) is 3.46. The highest BCUT2D eigenvalue weighted by atomic mass is 16.2. The van der Waals surface area contributed by atoms with Crippen molar-refractivity contribution in [3.63, 3.8) is 0 Å². The lowest BCUT2D eigenvalue weighted by Crippen LogP contribution is -2.32. The molecule has 0 aliphatic carbocycles. The molecule has 4 rings (SSSR count). The predicted molar refractivity (Wildman–Crippen MR) is 105 cm³/mol. The van der Waals surface area contributed by atoms with Crippen LogP contribution in [0.15, 0.2) is 60.8 Å². The summed E-state index contributed by atoms with van der Waals surface area (Å²) in [5.41, 5.74) is 3.79. The fraction of sp³-hybridized carbons (Fsp3) is 0.227. The van der Waals surface area contributed by atoms with E-state index in [1.165, 1.54) is 5.56 Å². The zero-order valence-electron chi connectivity index (χ0n) is 15.2. The molecule has 1 aromatic heterocycles. The number of rotatable bonds is 4. The Balaban J connectivity index is 1.47. The minimum atomic E-state index is -0.345. The number of nitrogens with one attached hydrogen (secondary N) is 1. The van der Waals surface area contributed by atoms with Crippen molar-refractivity contribution < 1.29 is 9.59 Å². The van der Waals surface area contributed by atoms with Gasteiger partial charge in [-0.25, -0.2) is 0 Å². The van der Waals surface area contributed by atoms with Crippen LogP contribution in [0.2, 0.25) is 0 Å². The average Bonchev–Trinajstić information content (AvgIpc) is 3.08. The molecule has 1 N–H and O–H groups in total. The molecule has 1 unspecified atom stereocenters. The number of amides is 2. The molecule has 0 radical (unpaired) electrons. The molecule has 1 fully saturated rings. The summed E-state index contributed by atoms with van der Waals surface area (Å²) >= 11 is 0. The van der Waals surface area contributed by atoms with E-state index in [2.05, 4.69) is 10.3 Å². The molecule has 0 spiro atoms. The topological polar surface area (TPSA) is 62.3 Å². The maximum absolute atomic E-state index is 12.6. The van der Waals surface area contributed by atoms with Gasteiger partial charge in [0, 0.05) is 31.1 Å². The van der Waals surface area contributed by atoms with E-state index in [1.54, 1.807) is 11.1 Å². The summed E-state index contributed by atoms with van der Waals surface area (Å²) in [4.78, 5) is 31.2. The molecule has 0 saturated carbocycles. The Kier molecular flexibility index (Phi) is 4.59. The van der Waals surface area contributed by atoms with E-state index in [1.807, 2.05) is 61.5 Å². The predicted octanol–water partition coefficient (Wildman–Crippen LogP) is 3.21. The molecule has 27 heavy (non-hydrogen) atoms.